The SMILES string of the molecule is CC([C@H]1C(=O)[C@]2(C)CC[C@H]1C2(C)C)N(C)C. The molecule has 0 heterocycles. The fourth-order valence-corrected chi connectivity index (χ4v) is 4.03. The predicted molar refractivity (Wildman–Crippen MR) is 66.3 cm³/mol. The Balaban J connectivity index is 2.37. The normalized spacial score (nSPS) is 43.1. The Labute approximate surface area is 99.4 Å². The van der Waals surface area contributed by atoms with Gasteiger partial charge in [0, 0.05) is 17.4 Å². The lowest BCUT2D eigenvalue weighted by Gasteiger charge is -2.33. The van der Waals surface area contributed by atoms with Crippen LogP contribution in [0.3, 0.4) is 0 Å². The van der Waals surface area contributed by atoms with Crippen molar-refractivity contribution < 1.29 is 4.79 Å². The number of rotatable bonds is 2. The largest absolute Gasteiger partial charge is 0.306 e. The average molecular weight is 223 g/mol. The summed E-state index contributed by atoms with van der Waals surface area (Å²) in [5, 5.41) is 0. The first-order valence-corrected chi connectivity index (χ1v) is 6.44. The van der Waals surface area contributed by atoms with Gasteiger partial charge in [0.15, 0.2) is 0 Å². The maximum atomic E-state index is 12.6. The maximum absolute atomic E-state index is 12.6. The Morgan fingerprint density at radius 1 is 1.31 bits per heavy atom. The predicted octanol–water partition coefficient (Wildman–Crippen LogP) is 2.58. The first-order valence-electron chi connectivity index (χ1n) is 6.44. The zero-order chi connectivity index (χ0) is 12.3. The van der Waals surface area contributed by atoms with Crippen molar-refractivity contribution >= 4 is 5.78 Å². The molecule has 0 aromatic heterocycles. The molecule has 0 amide bonds. The number of hydrogen-bond acceptors (Lipinski definition) is 2. The summed E-state index contributed by atoms with van der Waals surface area (Å²) in [6.07, 6.45) is 2.33. The third-order valence-corrected chi connectivity index (χ3v) is 5.92. The molecule has 2 saturated carbocycles. The van der Waals surface area contributed by atoms with Crippen LogP contribution >= 0.6 is 0 Å². The van der Waals surface area contributed by atoms with Crippen molar-refractivity contribution in [3.63, 3.8) is 0 Å². The van der Waals surface area contributed by atoms with E-state index in [1.54, 1.807) is 0 Å². The molecule has 2 heteroatoms. The zero-order valence-electron chi connectivity index (χ0n) is 11.5. The van der Waals surface area contributed by atoms with E-state index in [9.17, 15) is 4.79 Å². The van der Waals surface area contributed by atoms with Gasteiger partial charge in [-0.1, -0.05) is 20.8 Å². The quantitative estimate of drug-likeness (QED) is 0.717. The van der Waals surface area contributed by atoms with Gasteiger partial charge < -0.3 is 4.90 Å². The molecule has 0 spiro atoms. The molecule has 2 fully saturated rings. The maximum Gasteiger partial charge on any atom is 0.144 e. The zero-order valence-corrected chi connectivity index (χ0v) is 11.5. The van der Waals surface area contributed by atoms with Crippen LogP contribution < -0.4 is 0 Å². The van der Waals surface area contributed by atoms with Gasteiger partial charge in [0.2, 0.25) is 0 Å². The summed E-state index contributed by atoms with van der Waals surface area (Å²) in [6.45, 7) is 8.98. The van der Waals surface area contributed by atoms with E-state index in [-0.39, 0.29) is 16.7 Å². The summed E-state index contributed by atoms with van der Waals surface area (Å²) in [5.41, 5.74) is 0.131. The molecule has 2 bridgehead atoms. The molecule has 4 atom stereocenters. The summed E-state index contributed by atoms with van der Waals surface area (Å²) in [5.74, 6) is 1.36. The lowest BCUT2D eigenvalue weighted by molar-refractivity contribution is -0.133. The van der Waals surface area contributed by atoms with E-state index in [2.05, 4.69) is 46.7 Å². The van der Waals surface area contributed by atoms with Crippen molar-refractivity contribution in [2.24, 2.45) is 22.7 Å². The molecular weight excluding hydrogens is 198 g/mol. The van der Waals surface area contributed by atoms with E-state index in [0.717, 1.165) is 6.42 Å². The summed E-state index contributed by atoms with van der Waals surface area (Å²) < 4.78 is 0. The van der Waals surface area contributed by atoms with E-state index in [1.807, 2.05) is 0 Å². The molecule has 92 valence electrons. The summed E-state index contributed by atoms with van der Waals surface area (Å²) in [7, 11) is 4.17. The van der Waals surface area contributed by atoms with Gasteiger partial charge in [-0.2, -0.15) is 0 Å². The minimum atomic E-state index is -0.0629. The third-order valence-electron chi connectivity index (χ3n) is 5.92. The van der Waals surface area contributed by atoms with Crippen molar-refractivity contribution in [2.75, 3.05) is 14.1 Å². The van der Waals surface area contributed by atoms with Crippen LogP contribution in [0.4, 0.5) is 0 Å². The Morgan fingerprint density at radius 3 is 2.25 bits per heavy atom. The standard InChI is InChI=1S/C14H25NO/c1-9(15(5)6)11-10-7-8-14(4,12(11)16)13(10,2)3/h9-11H,7-8H2,1-6H3/t9?,10-,11-,14+/m1/s1. The monoisotopic (exact) mass is 223 g/mol. The minimum absolute atomic E-state index is 0.0629. The molecule has 0 N–H and O–H groups in total. The van der Waals surface area contributed by atoms with Crippen molar-refractivity contribution in [2.45, 2.75) is 46.6 Å². The number of nitrogens with zero attached hydrogens (tertiary/aromatic N) is 1. The molecule has 2 aliphatic carbocycles. The minimum Gasteiger partial charge on any atom is -0.306 e. The highest BCUT2D eigenvalue weighted by atomic mass is 16.1. The van der Waals surface area contributed by atoms with Gasteiger partial charge in [-0.25, -0.2) is 0 Å². The molecular formula is C14H25NO. The van der Waals surface area contributed by atoms with Crippen LogP contribution in [0, 0.1) is 22.7 Å². The molecule has 0 aliphatic heterocycles. The molecule has 1 unspecified atom stereocenters. The topological polar surface area (TPSA) is 20.3 Å². The van der Waals surface area contributed by atoms with Crippen LogP contribution in [0.5, 0.6) is 0 Å². The summed E-state index contributed by atoms with van der Waals surface area (Å²) in [4.78, 5) is 14.8. The Bertz CT molecular complexity index is 321. The summed E-state index contributed by atoms with van der Waals surface area (Å²) >= 11 is 0. The molecule has 0 aromatic rings. The molecule has 0 aromatic carbocycles. The Kier molecular flexibility index (Phi) is 2.51. The van der Waals surface area contributed by atoms with Crippen LogP contribution in [0.15, 0.2) is 0 Å². The summed E-state index contributed by atoms with van der Waals surface area (Å²) in [6, 6.07) is 0.374. The van der Waals surface area contributed by atoms with E-state index in [0.29, 0.717) is 17.7 Å². The van der Waals surface area contributed by atoms with E-state index >= 15 is 0 Å². The van der Waals surface area contributed by atoms with Gasteiger partial charge in [0.05, 0.1) is 0 Å². The van der Waals surface area contributed by atoms with E-state index in [4.69, 9.17) is 0 Å². The van der Waals surface area contributed by atoms with Gasteiger partial charge in [-0.15, -0.1) is 0 Å². The second-order valence-electron chi connectivity index (χ2n) is 6.79. The van der Waals surface area contributed by atoms with Gasteiger partial charge >= 0.3 is 0 Å². The van der Waals surface area contributed by atoms with E-state index < -0.39 is 0 Å². The number of hydrogen-bond donors (Lipinski definition) is 0. The Hall–Kier alpha value is -0.370. The molecule has 2 rings (SSSR count). The van der Waals surface area contributed by atoms with Gasteiger partial charge in [-0.3, -0.25) is 4.79 Å². The molecule has 16 heavy (non-hydrogen) atoms. The van der Waals surface area contributed by atoms with E-state index in [1.165, 1.54) is 6.42 Å². The lowest BCUT2D eigenvalue weighted by atomic mass is 9.70. The molecule has 0 saturated heterocycles. The van der Waals surface area contributed by atoms with Crippen molar-refractivity contribution in [1.82, 2.24) is 4.90 Å². The van der Waals surface area contributed by atoms with Crippen LogP contribution in [-0.4, -0.2) is 30.8 Å². The first kappa shape index (κ1) is 12.1. The average Bonchev–Trinajstić information content (AvgIpc) is 2.48. The second-order valence-corrected chi connectivity index (χ2v) is 6.79. The van der Waals surface area contributed by atoms with Gasteiger partial charge in [0.25, 0.3) is 0 Å². The first-order chi connectivity index (χ1) is 7.23. The van der Waals surface area contributed by atoms with Crippen molar-refractivity contribution in [1.29, 1.82) is 0 Å². The highest BCUT2D eigenvalue weighted by molar-refractivity contribution is 5.92. The number of carbonyl (C=O) groups excluding carboxylic acids is 1. The van der Waals surface area contributed by atoms with Crippen molar-refractivity contribution in [3.05, 3.63) is 0 Å². The molecule has 2 aliphatic rings. The smallest absolute Gasteiger partial charge is 0.144 e. The van der Waals surface area contributed by atoms with Gasteiger partial charge in [0.1, 0.15) is 5.78 Å². The van der Waals surface area contributed by atoms with Crippen LogP contribution in [0.1, 0.15) is 40.5 Å². The fourth-order valence-electron chi connectivity index (χ4n) is 4.03. The number of fused-ring (bicyclic) bond motifs is 2. The highest BCUT2D eigenvalue weighted by Gasteiger charge is 2.66. The van der Waals surface area contributed by atoms with Crippen LogP contribution in [0.25, 0.3) is 0 Å². The third kappa shape index (κ3) is 1.20. The molecule has 0 radical (unpaired) electrons. The van der Waals surface area contributed by atoms with Crippen molar-refractivity contribution in [3.8, 4) is 0 Å². The lowest BCUT2D eigenvalue weighted by Crippen LogP contribution is -2.42. The highest BCUT2D eigenvalue weighted by Crippen LogP contribution is 2.66. The second kappa shape index (κ2) is 3.32. The fraction of sp³-hybridized carbons (Fsp3) is 0.929. The molecule has 2 nitrogen and oxygen atoms in total. The Morgan fingerprint density at radius 2 is 1.88 bits per heavy atom. The van der Waals surface area contributed by atoms with Crippen LogP contribution in [0.2, 0.25) is 0 Å². The number of carbonyl (C=O) groups is 1. The number of ketones is 1. The number of Topliss-reactive ketones (excluding diaryl/α,β-unsaturated/α-hetero) is 1. The van der Waals surface area contributed by atoms with Gasteiger partial charge in [-0.05, 0) is 45.2 Å². The van der Waals surface area contributed by atoms with Crippen LogP contribution in [-0.2, 0) is 4.79 Å².